The number of urea groups is 1. The lowest BCUT2D eigenvalue weighted by molar-refractivity contribution is 0.216. The molecule has 1 aliphatic rings. The van der Waals surface area contributed by atoms with Gasteiger partial charge in [0, 0.05) is 25.2 Å². The van der Waals surface area contributed by atoms with Gasteiger partial charge in [-0.2, -0.15) is 0 Å². The van der Waals surface area contributed by atoms with Crippen molar-refractivity contribution in [2.75, 3.05) is 19.6 Å². The zero-order valence-corrected chi connectivity index (χ0v) is 13.3. The van der Waals surface area contributed by atoms with Gasteiger partial charge in [0.1, 0.15) is 0 Å². The summed E-state index contributed by atoms with van der Waals surface area (Å²) in [6, 6.07) is -0.0309. The fourth-order valence-corrected chi connectivity index (χ4v) is 4.51. The first-order valence-electron chi connectivity index (χ1n) is 6.58. The number of nitrogens with one attached hydrogen (secondary N) is 1. The van der Waals surface area contributed by atoms with E-state index in [0.29, 0.717) is 19.5 Å². The van der Waals surface area contributed by atoms with Crippen molar-refractivity contribution in [3.05, 3.63) is 0 Å². The van der Waals surface area contributed by atoms with Crippen LogP contribution >= 0.6 is 22.2 Å². The summed E-state index contributed by atoms with van der Waals surface area (Å²) in [5.74, 6) is 0. The first kappa shape index (κ1) is 16.1. The zero-order chi connectivity index (χ0) is 13.6. The highest BCUT2D eigenvalue weighted by Gasteiger charge is 2.37. The Bertz CT molecular complexity index is 274. The van der Waals surface area contributed by atoms with Crippen LogP contribution in [0.2, 0.25) is 5.54 Å². The van der Waals surface area contributed by atoms with E-state index in [1.54, 1.807) is 4.90 Å². The number of carbonyl (C=O) groups excluding carboxylic acids is 1. The molecular weight excluding hydrogens is 291 g/mol. The van der Waals surface area contributed by atoms with Crippen LogP contribution in [0.25, 0.3) is 0 Å². The Hall–Kier alpha value is 0.0269. The summed E-state index contributed by atoms with van der Waals surface area (Å²) in [5, 5.41) is 2.75. The van der Waals surface area contributed by atoms with E-state index >= 15 is 0 Å². The van der Waals surface area contributed by atoms with Crippen molar-refractivity contribution in [3.8, 4) is 0 Å². The number of nitrogens with zero attached hydrogens (tertiary/aromatic N) is 1. The maximum Gasteiger partial charge on any atom is 0.390 e. The molecule has 106 valence electrons. The molecule has 0 aromatic carbocycles. The van der Waals surface area contributed by atoms with Crippen LogP contribution in [0.1, 0.15) is 39.0 Å². The summed E-state index contributed by atoms with van der Waals surface area (Å²) >= 11 is 11.9. The molecule has 2 amide bonds. The second-order valence-corrected chi connectivity index (χ2v) is 10.8. The molecule has 0 aliphatic carbocycles. The fourth-order valence-electron chi connectivity index (χ4n) is 2.17. The van der Waals surface area contributed by atoms with Gasteiger partial charge in [0.05, 0.1) is 0 Å². The smallest absolute Gasteiger partial charge is 0.390 e. The van der Waals surface area contributed by atoms with E-state index in [2.05, 4.69) is 12.2 Å². The summed E-state index contributed by atoms with van der Waals surface area (Å²) in [6.07, 6.45) is 4.82. The van der Waals surface area contributed by atoms with Gasteiger partial charge in [-0.3, -0.25) is 0 Å². The Labute approximate surface area is 119 Å². The molecule has 1 atom stereocenters. The third kappa shape index (κ3) is 5.34. The molecule has 0 bridgehead atoms. The summed E-state index contributed by atoms with van der Waals surface area (Å²) in [5.41, 5.74) is -0.0548. The SMILES string of the molecule is CCCCCC(CCN1CCNC1=O)[Si](O)(Cl)Cl. The standard InChI is InChI=1S/C11H22Cl2N2O2Si/c1-2-3-4-5-10(18(12,13)17)6-8-15-9-7-14-11(15)16/h10,17H,2-9H2,1H3,(H,14,16). The van der Waals surface area contributed by atoms with Crippen LogP contribution < -0.4 is 5.32 Å². The van der Waals surface area contributed by atoms with E-state index in [1.165, 1.54) is 0 Å². The minimum absolute atomic E-state index is 0.0309. The maximum atomic E-state index is 11.4. The van der Waals surface area contributed by atoms with E-state index < -0.39 is 6.94 Å². The van der Waals surface area contributed by atoms with Gasteiger partial charge in [-0.25, -0.2) is 4.79 Å². The molecular formula is C11H22Cl2N2O2Si. The van der Waals surface area contributed by atoms with Crippen molar-refractivity contribution in [3.63, 3.8) is 0 Å². The van der Waals surface area contributed by atoms with Crippen LogP contribution in [0, 0.1) is 0 Å². The number of unbranched alkanes of at least 4 members (excludes halogenated alkanes) is 2. The van der Waals surface area contributed by atoms with Gasteiger partial charge in [-0.1, -0.05) is 26.2 Å². The van der Waals surface area contributed by atoms with E-state index in [0.717, 1.165) is 32.2 Å². The van der Waals surface area contributed by atoms with Crippen molar-refractivity contribution >= 4 is 35.1 Å². The van der Waals surface area contributed by atoms with Crippen molar-refractivity contribution in [2.24, 2.45) is 0 Å². The summed E-state index contributed by atoms with van der Waals surface area (Å²) in [6.45, 7) is 1.04. The molecule has 0 spiro atoms. The number of hydrogen-bond donors (Lipinski definition) is 2. The van der Waals surface area contributed by atoms with Crippen LogP contribution in [0.15, 0.2) is 0 Å². The van der Waals surface area contributed by atoms with Crippen LogP contribution in [-0.4, -0.2) is 42.3 Å². The van der Waals surface area contributed by atoms with Crippen LogP contribution in [0.3, 0.4) is 0 Å². The topological polar surface area (TPSA) is 52.6 Å². The zero-order valence-electron chi connectivity index (χ0n) is 10.8. The van der Waals surface area contributed by atoms with Gasteiger partial charge >= 0.3 is 13.0 Å². The van der Waals surface area contributed by atoms with Crippen molar-refractivity contribution in [1.82, 2.24) is 10.2 Å². The normalized spacial score (nSPS) is 18.0. The largest absolute Gasteiger partial charge is 0.408 e. The van der Waals surface area contributed by atoms with Crippen molar-refractivity contribution in [2.45, 2.75) is 44.6 Å². The highest BCUT2D eigenvalue weighted by Crippen LogP contribution is 2.35. The number of hydrogen-bond acceptors (Lipinski definition) is 2. The lowest BCUT2D eigenvalue weighted by Crippen LogP contribution is -2.33. The van der Waals surface area contributed by atoms with Gasteiger partial charge < -0.3 is 15.0 Å². The third-order valence-electron chi connectivity index (χ3n) is 3.34. The first-order chi connectivity index (χ1) is 8.45. The molecule has 1 aliphatic heterocycles. The van der Waals surface area contributed by atoms with Gasteiger partial charge in [0.15, 0.2) is 0 Å². The minimum atomic E-state index is -3.14. The molecule has 0 radical (unpaired) electrons. The third-order valence-corrected chi connectivity index (χ3v) is 6.75. The van der Waals surface area contributed by atoms with E-state index in [9.17, 15) is 9.59 Å². The minimum Gasteiger partial charge on any atom is -0.408 e. The molecule has 18 heavy (non-hydrogen) atoms. The maximum absolute atomic E-state index is 11.4. The van der Waals surface area contributed by atoms with Gasteiger partial charge in [0.25, 0.3) is 0 Å². The van der Waals surface area contributed by atoms with Crippen LogP contribution in [0.4, 0.5) is 4.79 Å². The molecule has 2 N–H and O–H groups in total. The number of carbonyl (C=O) groups is 1. The summed E-state index contributed by atoms with van der Waals surface area (Å²) in [7, 11) is 0. The van der Waals surface area contributed by atoms with Gasteiger partial charge in [-0.15, -0.1) is 22.2 Å². The molecule has 4 nitrogen and oxygen atoms in total. The number of amides is 2. The Balaban J connectivity index is 2.38. The fraction of sp³-hybridized carbons (Fsp3) is 0.909. The average Bonchev–Trinajstić information content (AvgIpc) is 2.67. The molecule has 1 rings (SSSR count). The monoisotopic (exact) mass is 312 g/mol. The lowest BCUT2D eigenvalue weighted by Gasteiger charge is -2.24. The van der Waals surface area contributed by atoms with Crippen LogP contribution in [-0.2, 0) is 0 Å². The molecule has 0 saturated carbocycles. The van der Waals surface area contributed by atoms with E-state index in [4.69, 9.17) is 22.2 Å². The second kappa shape index (κ2) is 7.58. The average molecular weight is 313 g/mol. The quantitative estimate of drug-likeness (QED) is 0.411. The molecule has 1 fully saturated rings. The number of halogens is 2. The number of rotatable bonds is 8. The highest BCUT2D eigenvalue weighted by molar-refractivity contribution is 7.42. The van der Waals surface area contributed by atoms with Crippen LogP contribution in [0.5, 0.6) is 0 Å². The van der Waals surface area contributed by atoms with E-state index in [-0.39, 0.29) is 11.6 Å². The van der Waals surface area contributed by atoms with Gasteiger partial charge in [-0.05, 0) is 12.8 Å². The molecule has 0 aromatic rings. The van der Waals surface area contributed by atoms with E-state index in [1.807, 2.05) is 0 Å². The second-order valence-electron chi connectivity index (χ2n) is 4.79. The Morgan fingerprint density at radius 2 is 2.17 bits per heavy atom. The lowest BCUT2D eigenvalue weighted by atomic mass is 10.1. The summed E-state index contributed by atoms with van der Waals surface area (Å²) in [4.78, 5) is 23.0. The molecule has 1 unspecified atom stereocenters. The first-order valence-corrected chi connectivity index (χ1v) is 10.6. The molecule has 0 aromatic heterocycles. The Kier molecular flexibility index (Phi) is 6.77. The Morgan fingerprint density at radius 3 is 2.67 bits per heavy atom. The van der Waals surface area contributed by atoms with Crippen molar-refractivity contribution in [1.29, 1.82) is 0 Å². The molecule has 1 heterocycles. The highest BCUT2D eigenvalue weighted by atomic mass is 35.7. The predicted octanol–water partition coefficient (Wildman–Crippen LogP) is 2.76. The Morgan fingerprint density at radius 1 is 1.44 bits per heavy atom. The van der Waals surface area contributed by atoms with Gasteiger partial charge in [0.2, 0.25) is 0 Å². The molecule has 7 heteroatoms. The van der Waals surface area contributed by atoms with Crippen molar-refractivity contribution < 1.29 is 9.59 Å². The summed E-state index contributed by atoms with van der Waals surface area (Å²) < 4.78 is 0. The predicted molar refractivity (Wildman–Crippen MR) is 77.2 cm³/mol. The molecule has 1 saturated heterocycles.